The summed E-state index contributed by atoms with van der Waals surface area (Å²) in [5, 5.41) is 3.86. The molecule has 1 aliphatic rings. The molecule has 0 amide bonds. The number of sulfonamides is 1. The standard InChI is InChI=1S/C25H23Cl2FN6O3S/c26-20-13-18(2-3-21(20)28)32-25-19-11-16(1-4-22(19)30-15-31-25)17-12-23(24(27)29-14-17)33-38(35,36)10-7-34-5-8-37-9-6-34/h1-4,11-15,33H,5-10H2,(H,30,31,32). The number of ether oxygens (including phenoxy) is 1. The predicted octanol–water partition coefficient (Wildman–Crippen LogP) is 4.96. The first-order valence-electron chi connectivity index (χ1n) is 11.7. The minimum Gasteiger partial charge on any atom is -0.379 e. The van der Waals surface area contributed by atoms with Gasteiger partial charge in [-0.05, 0) is 42.0 Å². The molecule has 2 N–H and O–H groups in total. The highest BCUT2D eigenvalue weighted by molar-refractivity contribution is 7.92. The van der Waals surface area contributed by atoms with Gasteiger partial charge in [0.2, 0.25) is 10.0 Å². The lowest BCUT2D eigenvalue weighted by Crippen LogP contribution is -2.39. The minimum absolute atomic E-state index is 0.0128. The summed E-state index contributed by atoms with van der Waals surface area (Å²) in [7, 11) is -3.66. The summed E-state index contributed by atoms with van der Waals surface area (Å²) >= 11 is 12.2. The molecule has 5 rings (SSSR count). The van der Waals surface area contributed by atoms with E-state index in [0.717, 1.165) is 5.56 Å². The van der Waals surface area contributed by atoms with Crippen molar-refractivity contribution >= 4 is 61.3 Å². The summed E-state index contributed by atoms with van der Waals surface area (Å²) < 4.78 is 47.0. The van der Waals surface area contributed by atoms with Gasteiger partial charge >= 0.3 is 0 Å². The first-order chi connectivity index (χ1) is 18.3. The lowest BCUT2D eigenvalue weighted by molar-refractivity contribution is 0.0408. The molecule has 1 saturated heterocycles. The molecule has 0 radical (unpaired) electrons. The topological polar surface area (TPSA) is 109 Å². The van der Waals surface area contributed by atoms with E-state index in [0.29, 0.717) is 60.8 Å². The number of nitrogens with zero attached hydrogens (tertiary/aromatic N) is 4. The zero-order chi connectivity index (χ0) is 26.7. The number of pyridine rings is 1. The number of anilines is 3. The van der Waals surface area contributed by atoms with Crippen LogP contribution in [0.15, 0.2) is 55.0 Å². The average molecular weight is 577 g/mol. The number of hydrogen-bond donors (Lipinski definition) is 2. The molecule has 1 aliphatic heterocycles. The summed E-state index contributed by atoms with van der Waals surface area (Å²) in [5.74, 6) is -0.108. The van der Waals surface area contributed by atoms with Crippen LogP contribution >= 0.6 is 23.2 Å². The van der Waals surface area contributed by atoms with Crippen LogP contribution in [-0.4, -0.2) is 66.9 Å². The third-order valence-electron chi connectivity index (χ3n) is 6.04. The largest absolute Gasteiger partial charge is 0.379 e. The summed E-state index contributed by atoms with van der Waals surface area (Å²) in [4.78, 5) is 14.9. The van der Waals surface area contributed by atoms with Crippen LogP contribution in [0.3, 0.4) is 0 Å². The van der Waals surface area contributed by atoms with E-state index < -0.39 is 15.8 Å². The van der Waals surface area contributed by atoms with E-state index in [1.807, 2.05) is 23.1 Å². The lowest BCUT2D eigenvalue weighted by Gasteiger charge is -2.26. The molecule has 0 bridgehead atoms. The van der Waals surface area contributed by atoms with Crippen LogP contribution in [0.25, 0.3) is 22.0 Å². The van der Waals surface area contributed by atoms with Crippen molar-refractivity contribution in [3.63, 3.8) is 0 Å². The number of aromatic nitrogens is 3. The van der Waals surface area contributed by atoms with E-state index in [-0.39, 0.29) is 21.6 Å². The Balaban J connectivity index is 1.40. The van der Waals surface area contributed by atoms with Crippen LogP contribution in [0.2, 0.25) is 10.2 Å². The van der Waals surface area contributed by atoms with Gasteiger partial charge in [-0.15, -0.1) is 0 Å². The van der Waals surface area contributed by atoms with Crippen LogP contribution < -0.4 is 10.0 Å². The van der Waals surface area contributed by atoms with E-state index >= 15 is 0 Å². The van der Waals surface area contributed by atoms with Crippen molar-refractivity contribution in [1.29, 1.82) is 0 Å². The maximum absolute atomic E-state index is 13.6. The maximum atomic E-state index is 13.6. The molecular weight excluding hydrogens is 554 g/mol. The number of hydrogen-bond acceptors (Lipinski definition) is 8. The first kappa shape index (κ1) is 26.5. The summed E-state index contributed by atoms with van der Waals surface area (Å²) in [6.45, 7) is 2.98. The molecule has 0 aliphatic carbocycles. The molecule has 0 atom stereocenters. The van der Waals surface area contributed by atoms with Crippen LogP contribution in [0, 0.1) is 5.82 Å². The Morgan fingerprint density at radius 2 is 1.82 bits per heavy atom. The van der Waals surface area contributed by atoms with Crippen LogP contribution in [0.4, 0.5) is 21.6 Å². The number of rotatable bonds is 8. The van der Waals surface area contributed by atoms with Crippen molar-refractivity contribution in [2.75, 3.05) is 48.6 Å². The molecule has 4 aromatic rings. The van der Waals surface area contributed by atoms with Gasteiger partial charge in [0.25, 0.3) is 0 Å². The van der Waals surface area contributed by atoms with E-state index in [4.69, 9.17) is 27.9 Å². The van der Waals surface area contributed by atoms with Crippen molar-refractivity contribution in [2.24, 2.45) is 0 Å². The van der Waals surface area contributed by atoms with Gasteiger partial charge in [0, 0.05) is 42.5 Å². The monoisotopic (exact) mass is 576 g/mol. The van der Waals surface area contributed by atoms with Gasteiger partial charge in [-0.3, -0.25) is 9.62 Å². The van der Waals surface area contributed by atoms with E-state index in [1.54, 1.807) is 18.3 Å². The Labute approximate surface area is 229 Å². The van der Waals surface area contributed by atoms with Crippen molar-refractivity contribution in [3.05, 3.63) is 71.0 Å². The van der Waals surface area contributed by atoms with Gasteiger partial charge in [-0.1, -0.05) is 29.3 Å². The van der Waals surface area contributed by atoms with Gasteiger partial charge in [0.1, 0.15) is 18.0 Å². The van der Waals surface area contributed by atoms with E-state index in [2.05, 4.69) is 25.0 Å². The number of morpholine rings is 1. The SMILES string of the molecule is O=S(=O)(CCN1CCOCC1)Nc1cc(-c2ccc3ncnc(Nc4ccc(F)c(Cl)c4)c3c2)cnc1Cl. The lowest BCUT2D eigenvalue weighted by atomic mass is 10.0. The van der Waals surface area contributed by atoms with Gasteiger partial charge in [0.15, 0.2) is 5.15 Å². The maximum Gasteiger partial charge on any atom is 0.234 e. The molecule has 38 heavy (non-hydrogen) atoms. The highest BCUT2D eigenvalue weighted by atomic mass is 35.5. The van der Waals surface area contributed by atoms with Crippen LogP contribution in [-0.2, 0) is 14.8 Å². The number of fused-ring (bicyclic) bond motifs is 1. The smallest absolute Gasteiger partial charge is 0.234 e. The second kappa shape index (κ2) is 11.3. The van der Waals surface area contributed by atoms with Gasteiger partial charge in [-0.25, -0.2) is 27.8 Å². The van der Waals surface area contributed by atoms with Crippen molar-refractivity contribution in [2.45, 2.75) is 0 Å². The number of nitrogens with one attached hydrogen (secondary N) is 2. The molecule has 198 valence electrons. The van der Waals surface area contributed by atoms with Gasteiger partial charge < -0.3 is 10.1 Å². The summed E-state index contributed by atoms with van der Waals surface area (Å²) in [6.07, 6.45) is 2.98. The normalized spacial score (nSPS) is 14.5. The second-order valence-corrected chi connectivity index (χ2v) is 11.3. The summed E-state index contributed by atoms with van der Waals surface area (Å²) in [6, 6.07) is 11.4. The average Bonchev–Trinajstić information content (AvgIpc) is 2.91. The Bertz CT molecular complexity index is 1590. The molecule has 0 saturated carbocycles. The molecule has 2 aromatic carbocycles. The van der Waals surface area contributed by atoms with Gasteiger partial charge in [-0.2, -0.15) is 0 Å². The number of benzene rings is 2. The predicted molar refractivity (Wildman–Crippen MR) is 147 cm³/mol. The number of halogens is 3. The fourth-order valence-electron chi connectivity index (χ4n) is 4.02. The van der Waals surface area contributed by atoms with E-state index in [9.17, 15) is 12.8 Å². The third kappa shape index (κ3) is 6.30. The molecule has 0 spiro atoms. The van der Waals surface area contributed by atoms with Crippen molar-refractivity contribution in [1.82, 2.24) is 19.9 Å². The fraction of sp³-hybridized carbons (Fsp3) is 0.240. The molecule has 13 heteroatoms. The minimum atomic E-state index is -3.66. The van der Waals surface area contributed by atoms with Crippen LogP contribution in [0.1, 0.15) is 0 Å². The Morgan fingerprint density at radius 1 is 1.00 bits per heavy atom. The highest BCUT2D eigenvalue weighted by Crippen LogP contribution is 2.32. The fourth-order valence-corrected chi connectivity index (χ4v) is 5.49. The van der Waals surface area contributed by atoms with Crippen molar-refractivity contribution in [3.8, 4) is 11.1 Å². The molecule has 2 aromatic heterocycles. The second-order valence-electron chi connectivity index (χ2n) is 8.65. The van der Waals surface area contributed by atoms with Gasteiger partial charge in [0.05, 0.1) is 35.2 Å². The molecule has 3 heterocycles. The third-order valence-corrected chi connectivity index (χ3v) is 7.88. The quantitative estimate of drug-likeness (QED) is 0.283. The van der Waals surface area contributed by atoms with Crippen molar-refractivity contribution < 1.29 is 17.5 Å². The molecule has 9 nitrogen and oxygen atoms in total. The molecule has 0 unspecified atom stereocenters. The van der Waals surface area contributed by atoms with Crippen LogP contribution in [0.5, 0.6) is 0 Å². The Hall–Kier alpha value is -3.09. The Kier molecular flexibility index (Phi) is 7.91. The zero-order valence-corrected chi connectivity index (χ0v) is 22.3. The molecule has 1 fully saturated rings. The zero-order valence-electron chi connectivity index (χ0n) is 20.0. The summed E-state index contributed by atoms with van der Waals surface area (Å²) in [5.41, 5.74) is 2.80. The highest BCUT2D eigenvalue weighted by Gasteiger charge is 2.18. The molecular formula is C25H23Cl2FN6O3S. The first-order valence-corrected chi connectivity index (χ1v) is 14.1. The Morgan fingerprint density at radius 3 is 2.61 bits per heavy atom. The van der Waals surface area contributed by atoms with E-state index in [1.165, 1.54) is 18.5 Å².